The Balaban J connectivity index is 0.000000470. The Morgan fingerprint density at radius 1 is 0.925 bits per heavy atom. The zero-order valence-electron chi connectivity index (χ0n) is 22.8. The second kappa shape index (κ2) is 12.4. The average molecular weight is 560 g/mol. The summed E-state index contributed by atoms with van der Waals surface area (Å²) in [6.45, 7) is 8.83. The van der Waals surface area contributed by atoms with E-state index in [1.807, 2.05) is 50.2 Å². The quantitative estimate of drug-likeness (QED) is 0.518. The van der Waals surface area contributed by atoms with Gasteiger partial charge < -0.3 is 20.2 Å². The number of alkyl halides is 3. The standard InChI is InChI=1S/C28H35N3O2.C2HF3O2/c1-19-7-6-8-20(2)26(19)28(33)31-17-23-15-30(16-24(23)18-31)14-13-25(21-9-4-3-5-10-21)29-27(32)22-11-12-22;3-2(4,5)1(6)7/h3-10,22-25H,11-18H2,1-2H3,(H,29,32);(H,6,7)/t23-,24?,25?;/m0./s1. The number of carboxylic acid groups (broad SMARTS) is 1. The van der Waals surface area contributed by atoms with Crippen LogP contribution in [0.1, 0.15) is 52.4 Å². The molecule has 0 bridgehead atoms. The first kappa shape index (κ1) is 29.6. The van der Waals surface area contributed by atoms with Crippen molar-refractivity contribution in [3.63, 3.8) is 0 Å². The number of carbonyl (C=O) groups excluding carboxylic acids is 2. The van der Waals surface area contributed by atoms with Crippen LogP contribution in [0.5, 0.6) is 0 Å². The van der Waals surface area contributed by atoms with Crippen molar-refractivity contribution in [3.8, 4) is 0 Å². The number of carboxylic acids is 1. The molecule has 216 valence electrons. The Kier molecular flexibility index (Phi) is 9.18. The van der Waals surface area contributed by atoms with E-state index in [0.29, 0.717) is 11.8 Å². The van der Waals surface area contributed by atoms with Crippen LogP contribution in [0.25, 0.3) is 0 Å². The van der Waals surface area contributed by atoms with Crippen LogP contribution >= 0.6 is 0 Å². The summed E-state index contributed by atoms with van der Waals surface area (Å²) in [7, 11) is 0. The predicted octanol–water partition coefficient (Wildman–Crippen LogP) is 4.60. The number of rotatable bonds is 7. The van der Waals surface area contributed by atoms with Gasteiger partial charge in [0.05, 0.1) is 6.04 Å². The number of benzene rings is 2. The molecule has 5 rings (SSSR count). The molecule has 7 nitrogen and oxygen atoms in total. The van der Waals surface area contributed by atoms with Crippen molar-refractivity contribution in [1.82, 2.24) is 15.1 Å². The van der Waals surface area contributed by atoms with Crippen LogP contribution in [0, 0.1) is 31.6 Å². The Hall–Kier alpha value is -3.40. The van der Waals surface area contributed by atoms with Crippen LogP contribution in [0.15, 0.2) is 48.5 Å². The summed E-state index contributed by atoms with van der Waals surface area (Å²) in [4.78, 5) is 39.2. The van der Waals surface area contributed by atoms with E-state index >= 15 is 0 Å². The molecule has 0 spiro atoms. The summed E-state index contributed by atoms with van der Waals surface area (Å²) in [5, 5.41) is 10.4. The van der Waals surface area contributed by atoms with E-state index in [1.165, 1.54) is 5.56 Å². The Bertz CT molecular complexity index is 1180. The van der Waals surface area contributed by atoms with Crippen molar-refractivity contribution < 1.29 is 32.7 Å². The molecule has 2 aromatic carbocycles. The fourth-order valence-corrected chi connectivity index (χ4v) is 5.70. The molecule has 2 unspecified atom stereocenters. The van der Waals surface area contributed by atoms with Crippen LogP contribution in [0.4, 0.5) is 13.2 Å². The highest BCUT2D eigenvalue weighted by molar-refractivity contribution is 5.97. The van der Waals surface area contributed by atoms with Crippen LogP contribution in [-0.2, 0) is 9.59 Å². The normalized spacial score (nSPS) is 21.3. The topological polar surface area (TPSA) is 90.0 Å². The maximum absolute atomic E-state index is 13.2. The van der Waals surface area contributed by atoms with E-state index in [-0.39, 0.29) is 23.8 Å². The van der Waals surface area contributed by atoms with E-state index in [4.69, 9.17) is 9.90 Å². The van der Waals surface area contributed by atoms with Crippen molar-refractivity contribution in [1.29, 1.82) is 0 Å². The third-order valence-corrected chi connectivity index (χ3v) is 7.99. The van der Waals surface area contributed by atoms with Gasteiger partial charge in [-0.2, -0.15) is 13.2 Å². The molecule has 2 amide bonds. The molecule has 1 saturated carbocycles. The van der Waals surface area contributed by atoms with E-state index in [1.54, 1.807) is 0 Å². The van der Waals surface area contributed by atoms with E-state index in [0.717, 1.165) is 68.7 Å². The molecule has 2 N–H and O–H groups in total. The number of hydrogen-bond acceptors (Lipinski definition) is 4. The van der Waals surface area contributed by atoms with Gasteiger partial charge in [-0.1, -0.05) is 48.5 Å². The maximum Gasteiger partial charge on any atom is 0.490 e. The van der Waals surface area contributed by atoms with Gasteiger partial charge in [-0.25, -0.2) is 4.79 Å². The number of aliphatic carboxylic acids is 1. The third-order valence-electron chi connectivity index (χ3n) is 7.99. The third kappa shape index (κ3) is 7.41. The van der Waals surface area contributed by atoms with Gasteiger partial charge in [-0.3, -0.25) is 9.59 Å². The molecule has 2 aliphatic heterocycles. The summed E-state index contributed by atoms with van der Waals surface area (Å²) in [6, 6.07) is 16.5. The van der Waals surface area contributed by atoms with Crippen molar-refractivity contribution in [3.05, 3.63) is 70.8 Å². The lowest BCUT2D eigenvalue weighted by atomic mass is 10.0. The van der Waals surface area contributed by atoms with Gasteiger partial charge in [0.1, 0.15) is 0 Å². The van der Waals surface area contributed by atoms with Crippen LogP contribution in [0.2, 0.25) is 0 Å². The summed E-state index contributed by atoms with van der Waals surface area (Å²) >= 11 is 0. The highest BCUT2D eigenvalue weighted by atomic mass is 19.4. The molecule has 0 radical (unpaired) electrons. The summed E-state index contributed by atoms with van der Waals surface area (Å²) in [5.74, 6) is -1.03. The summed E-state index contributed by atoms with van der Waals surface area (Å²) in [6.07, 6.45) is -2.10. The predicted molar refractivity (Wildman–Crippen MR) is 144 cm³/mol. The van der Waals surface area contributed by atoms with E-state index in [2.05, 4.69) is 27.2 Å². The highest BCUT2D eigenvalue weighted by Crippen LogP contribution is 2.34. The lowest BCUT2D eigenvalue weighted by molar-refractivity contribution is -0.192. The van der Waals surface area contributed by atoms with E-state index < -0.39 is 12.1 Å². The number of aryl methyl sites for hydroxylation is 2. The first-order valence-corrected chi connectivity index (χ1v) is 13.7. The number of carbonyl (C=O) groups is 3. The molecule has 3 aliphatic rings. The van der Waals surface area contributed by atoms with Gasteiger partial charge in [0.2, 0.25) is 5.91 Å². The van der Waals surface area contributed by atoms with Crippen molar-refractivity contribution in [2.75, 3.05) is 32.7 Å². The van der Waals surface area contributed by atoms with Crippen LogP contribution < -0.4 is 5.32 Å². The number of nitrogens with one attached hydrogen (secondary N) is 1. The van der Waals surface area contributed by atoms with Gasteiger partial charge in [-0.05, 0) is 61.6 Å². The van der Waals surface area contributed by atoms with Crippen LogP contribution in [-0.4, -0.2) is 71.6 Å². The lowest BCUT2D eigenvalue weighted by Gasteiger charge is -2.25. The molecular formula is C30H36F3N3O4. The van der Waals surface area contributed by atoms with Crippen molar-refractivity contribution in [2.24, 2.45) is 17.8 Å². The highest BCUT2D eigenvalue weighted by Gasteiger charge is 2.42. The molecule has 10 heteroatoms. The number of hydrogen-bond donors (Lipinski definition) is 2. The first-order chi connectivity index (χ1) is 18.9. The smallest absolute Gasteiger partial charge is 0.475 e. The fourth-order valence-electron chi connectivity index (χ4n) is 5.70. The number of likely N-dealkylation sites (tertiary alicyclic amines) is 2. The first-order valence-electron chi connectivity index (χ1n) is 13.7. The monoisotopic (exact) mass is 559 g/mol. The van der Waals surface area contributed by atoms with Gasteiger partial charge >= 0.3 is 12.1 Å². The second-order valence-corrected chi connectivity index (χ2v) is 11.1. The molecular weight excluding hydrogens is 523 g/mol. The molecule has 2 aromatic rings. The molecule has 0 aromatic heterocycles. The van der Waals surface area contributed by atoms with Gasteiger partial charge in [0.25, 0.3) is 5.91 Å². The average Bonchev–Trinajstić information content (AvgIpc) is 3.58. The lowest BCUT2D eigenvalue weighted by Crippen LogP contribution is -2.36. The summed E-state index contributed by atoms with van der Waals surface area (Å²) < 4.78 is 31.7. The largest absolute Gasteiger partial charge is 0.490 e. The number of fused-ring (bicyclic) bond motifs is 1. The Morgan fingerprint density at radius 3 is 1.98 bits per heavy atom. The van der Waals surface area contributed by atoms with Crippen molar-refractivity contribution in [2.45, 2.75) is 45.3 Å². The van der Waals surface area contributed by atoms with Gasteiger partial charge in [-0.15, -0.1) is 0 Å². The van der Waals surface area contributed by atoms with Gasteiger partial charge in [0, 0.05) is 44.2 Å². The number of halogens is 3. The zero-order chi connectivity index (χ0) is 29.0. The fraction of sp³-hybridized carbons (Fsp3) is 0.500. The maximum atomic E-state index is 13.2. The minimum atomic E-state index is -5.08. The van der Waals surface area contributed by atoms with Gasteiger partial charge in [0.15, 0.2) is 0 Å². The molecule has 1 aliphatic carbocycles. The molecule has 3 fully saturated rings. The Labute approximate surface area is 232 Å². The molecule has 2 heterocycles. The summed E-state index contributed by atoms with van der Waals surface area (Å²) in [5.41, 5.74) is 4.21. The van der Waals surface area contributed by atoms with E-state index in [9.17, 15) is 22.8 Å². The zero-order valence-corrected chi connectivity index (χ0v) is 22.8. The second-order valence-electron chi connectivity index (χ2n) is 11.1. The molecule has 2 saturated heterocycles. The van der Waals surface area contributed by atoms with Crippen LogP contribution in [0.3, 0.4) is 0 Å². The minimum absolute atomic E-state index is 0.0712. The SMILES string of the molecule is Cc1cccc(C)c1C(=O)N1CC2CN(CCC(NC(=O)C3CC3)c3ccccc3)C[C@H]2C1.O=C(O)C(F)(F)F. The Morgan fingerprint density at radius 2 is 1.48 bits per heavy atom. The minimum Gasteiger partial charge on any atom is -0.475 e. The number of nitrogens with zero attached hydrogens (tertiary/aromatic N) is 2. The van der Waals surface area contributed by atoms with Crippen molar-refractivity contribution >= 4 is 17.8 Å². The molecule has 40 heavy (non-hydrogen) atoms. The number of amides is 2. The molecule has 3 atom stereocenters.